The first-order valence-corrected chi connectivity index (χ1v) is 11.2. The third-order valence-corrected chi connectivity index (χ3v) is 6.53. The Kier molecular flexibility index (Phi) is 6.64. The zero-order valence-electron chi connectivity index (χ0n) is 13.6. The molecule has 0 saturated carbocycles. The largest absolute Gasteiger partial charge is 0.302 e. The quantitative estimate of drug-likeness (QED) is 0.374. The maximum Gasteiger partial charge on any atom is 0.226 e. The number of aromatic nitrogens is 1. The van der Waals surface area contributed by atoms with Crippen LogP contribution in [0.5, 0.6) is 0 Å². The van der Waals surface area contributed by atoms with Gasteiger partial charge in [-0.15, -0.1) is 23.5 Å². The molecule has 0 aliphatic carbocycles. The predicted molar refractivity (Wildman–Crippen MR) is 111 cm³/mol. The van der Waals surface area contributed by atoms with E-state index >= 15 is 0 Å². The van der Waals surface area contributed by atoms with E-state index in [-0.39, 0.29) is 5.91 Å². The molecular formula is C18H17ClN2OS3. The molecule has 0 bridgehead atoms. The minimum atomic E-state index is 0.0152. The summed E-state index contributed by atoms with van der Waals surface area (Å²) in [4.78, 5) is 19.0. The first kappa shape index (κ1) is 18.6. The second-order valence-electron chi connectivity index (χ2n) is 5.28. The molecule has 1 N–H and O–H groups in total. The lowest BCUT2D eigenvalue weighted by molar-refractivity contribution is -0.116. The number of amides is 1. The molecule has 0 aliphatic heterocycles. The zero-order valence-corrected chi connectivity index (χ0v) is 16.8. The molecule has 1 heterocycles. The van der Waals surface area contributed by atoms with Crippen LogP contribution in [0.25, 0.3) is 10.2 Å². The van der Waals surface area contributed by atoms with Crippen LogP contribution in [0.1, 0.15) is 12.8 Å². The standard InChI is InChI=1S/C18H17ClN2OS3/c1-23-14-4-2-5-15-17(14)21-18(25-15)20-16(22)6-3-11-24-13-9-7-12(19)8-10-13/h2,4-5,7-10H,3,6,11H2,1H3,(H,20,21,22). The van der Waals surface area contributed by atoms with E-state index in [0.29, 0.717) is 11.6 Å². The monoisotopic (exact) mass is 408 g/mol. The lowest BCUT2D eigenvalue weighted by Gasteiger charge is -2.03. The Hall–Kier alpha value is -1.21. The molecule has 2 aromatic carbocycles. The molecular weight excluding hydrogens is 392 g/mol. The van der Waals surface area contributed by atoms with Gasteiger partial charge in [0.05, 0.1) is 10.2 Å². The third-order valence-electron chi connectivity index (χ3n) is 3.48. The number of benzene rings is 2. The number of anilines is 1. The van der Waals surface area contributed by atoms with Gasteiger partial charge in [0.2, 0.25) is 5.91 Å². The van der Waals surface area contributed by atoms with Gasteiger partial charge in [0.15, 0.2) is 5.13 Å². The zero-order chi connectivity index (χ0) is 17.6. The molecule has 0 atom stereocenters. The number of nitrogens with one attached hydrogen (secondary N) is 1. The van der Waals surface area contributed by atoms with Crippen LogP contribution in [-0.4, -0.2) is 22.9 Å². The lowest BCUT2D eigenvalue weighted by Crippen LogP contribution is -2.11. The molecule has 3 nitrogen and oxygen atoms in total. The number of fused-ring (bicyclic) bond motifs is 1. The van der Waals surface area contributed by atoms with Crippen LogP contribution < -0.4 is 5.32 Å². The number of hydrogen-bond acceptors (Lipinski definition) is 5. The highest BCUT2D eigenvalue weighted by molar-refractivity contribution is 7.99. The van der Waals surface area contributed by atoms with Crippen molar-refractivity contribution in [3.05, 3.63) is 47.5 Å². The average molecular weight is 409 g/mol. The first-order chi connectivity index (χ1) is 12.2. The molecule has 130 valence electrons. The Bertz CT molecular complexity index is 864. The van der Waals surface area contributed by atoms with Crippen LogP contribution in [0.2, 0.25) is 5.02 Å². The third kappa shape index (κ3) is 5.14. The fraction of sp³-hybridized carbons (Fsp3) is 0.222. The van der Waals surface area contributed by atoms with Crippen molar-refractivity contribution >= 4 is 67.7 Å². The van der Waals surface area contributed by atoms with Gasteiger partial charge in [-0.25, -0.2) is 4.98 Å². The van der Waals surface area contributed by atoms with Crippen molar-refractivity contribution in [3.8, 4) is 0 Å². The van der Waals surface area contributed by atoms with Gasteiger partial charge in [0.1, 0.15) is 0 Å². The van der Waals surface area contributed by atoms with E-state index in [1.165, 1.54) is 16.2 Å². The van der Waals surface area contributed by atoms with Gasteiger partial charge in [-0.3, -0.25) is 4.79 Å². The van der Waals surface area contributed by atoms with Crippen LogP contribution in [0.15, 0.2) is 52.3 Å². The summed E-state index contributed by atoms with van der Waals surface area (Å²) in [5.74, 6) is 0.910. The van der Waals surface area contributed by atoms with Crippen molar-refractivity contribution in [1.29, 1.82) is 0 Å². The molecule has 0 unspecified atom stereocenters. The van der Waals surface area contributed by atoms with E-state index < -0.39 is 0 Å². The van der Waals surface area contributed by atoms with Crippen LogP contribution >= 0.6 is 46.5 Å². The van der Waals surface area contributed by atoms with Crippen molar-refractivity contribution in [2.24, 2.45) is 0 Å². The fourth-order valence-electron chi connectivity index (χ4n) is 2.28. The molecule has 0 fully saturated rings. The van der Waals surface area contributed by atoms with Crippen LogP contribution in [-0.2, 0) is 4.79 Å². The topological polar surface area (TPSA) is 42.0 Å². The van der Waals surface area contributed by atoms with Gasteiger partial charge < -0.3 is 5.32 Å². The highest BCUT2D eigenvalue weighted by Gasteiger charge is 2.10. The lowest BCUT2D eigenvalue weighted by atomic mass is 10.3. The van der Waals surface area contributed by atoms with Crippen LogP contribution in [0.4, 0.5) is 5.13 Å². The summed E-state index contributed by atoms with van der Waals surface area (Å²) in [6.07, 6.45) is 3.34. The Morgan fingerprint density at radius 3 is 2.80 bits per heavy atom. The van der Waals surface area contributed by atoms with E-state index in [1.807, 2.05) is 48.7 Å². The molecule has 7 heteroatoms. The minimum absolute atomic E-state index is 0.0152. The molecule has 0 saturated heterocycles. The maximum atomic E-state index is 12.1. The number of rotatable bonds is 7. The van der Waals surface area contributed by atoms with Gasteiger partial charge in [0.25, 0.3) is 0 Å². The summed E-state index contributed by atoms with van der Waals surface area (Å²) >= 11 is 10.8. The van der Waals surface area contributed by atoms with E-state index in [2.05, 4.69) is 10.3 Å². The Balaban J connectivity index is 1.48. The van der Waals surface area contributed by atoms with Crippen molar-refractivity contribution in [2.75, 3.05) is 17.3 Å². The van der Waals surface area contributed by atoms with Crippen molar-refractivity contribution in [3.63, 3.8) is 0 Å². The van der Waals surface area contributed by atoms with Crippen molar-refractivity contribution in [2.45, 2.75) is 22.6 Å². The number of nitrogens with zero attached hydrogens (tertiary/aromatic N) is 1. The van der Waals surface area contributed by atoms with E-state index in [9.17, 15) is 4.79 Å². The fourth-order valence-corrected chi connectivity index (χ4v) is 4.79. The first-order valence-electron chi connectivity index (χ1n) is 7.77. The van der Waals surface area contributed by atoms with Crippen LogP contribution in [0.3, 0.4) is 0 Å². The van der Waals surface area contributed by atoms with E-state index in [0.717, 1.165) is 32.3 Å². The second kappa shape index (κ2) is 8.94. The number of thiazole rings is 1. The molecule has 1 aromatic heterocycles. The smallest absolute Gasteiger partial charge is 0.226 e. The molecule has 3 rings (SSSR count). The minimum Gasteiger partial charge on any atom is -0.302 e. The summed E-state index contributed by atoms with van der Waals surface area (Å²) in [6, 6.07) is 13.9. The molecule has 25 heavy (non-hydrogen) atoms. The highest BCUT2D eigenvalue weighted by atomic mass is 35.5. The number of carbonyl (C=O) groups excluding carboxylic acids is 1. The average Bonchev–Trinajstić information content (AvgIpc) is 3.02. The number of hydrogen-bond donors (Lipinski definition) is 1. The van der Waals surface area contributed by atoms with Gasteiger partial charge in [-0.2, -0.15) is 0 Å². The molecule has 0 radical (unpaired) electrons. The summed E-state index contributed by atoms with van der Waals surface area (Å²) in [5, 5.41) is 4.33. The highest BCUT2D eigenvalue weighted by Crippen LogP contribution is 2.32. The van der Waals surface area contributed by atoms with Gasteiger partial charge in [-0.05, 0) is 54.8 Å². The van der Waals surface area contributed by atoms with Gasteiger partial charge in [-0.1, -0.05) is 29.0 Å². The van der Waals surface area contributed by atoms with Crippen molar-refractivity contribution < 1.29 is 4.79 Å². The number of para-hydroxylation sites is 1. The second-order valence-corrected chi connectivity index (χ2v) is 8.76. The van der Waals surface area contributed by atoms with Gasteiger partial charge >= 0.3 is 0 Å². The molecule has 3 aromatic rings. The Morgan fingerprint density at radius 2 is 2.04 bits per heavy atom. The predicted octanol–water partition coefficient (Wildman–Crippen LogP) is 6.18. The maximum absolute atomic E-state index is 12.1. The number of thioether (sulfide) groups is 2. The molecule has 0 aliphatic rings. The van der Waals surface area contributed by atoms with E-state index in [1.54, 1.807) is 23.5 Å². The number of halogens is 1. The summed E-state index contributed by atoms with van der Waals surface area (Å²) < 4.78 is 1.10. The number of carbonyl (C=O) groups is 1. The van der Waals surface area contributed by atoms with E-state index in [4.69, 9.17) is 11.6 Å². The molecule has 0 spiro atoms. The Morgan fingerprint density at radius 1 is 1.24 bits per heavy atom. The SMILES string of the molecule is CSc1cccc2sc(NC(=O)CCCSc3ccc(Cl)cc3)nc12. The summed E-state index contributed by atoms with van der Waals surface area (Å²) in [7, 11) is 0. The summed E-state index contributed by atoms with van der Waals surface area (Å²) in [6.45, 7) is 0. The normalized spacial score (nSPS) is 11.0. The Labute approximate surface area is 164 Å². The van der Waals surface area contributed by atoms with Crippen molar-refractivity contribution in [1.82, 2.24) is 4.98 Å². The van der Waals surface area contributed by atoms with Gasteiger partial charge in [0, 0.05) is 21.2 Å². The summed E-state index contributed by atoms with van der Waals surface area (Å²) in [5.41, 5.74) is 0.966. The molecule has 1 amide bonds. The van der Waals surface area contributed by atoms with Crippen LogP contribution in [0, 0.1) is 0 Å².